The highest BCUT2D eigenvalue weighted by atomic mass is 32.2. The van der Waals surface area contributed by atoms with Gasteiger partial charge in [0.2, 0.25) is 10.0 Å². The molecule has 2 rings (SSSR count). The van der Waals surface area contributed by atoms with Crippen LogP contribution >= 0.6 is 0 Å². The summed E-state index contributed by atoms with van der Waals surface area (Å²) < 4.78 is 42.6. The monoisotopic (exact) mass is 302 g/mol. The standard InChI is InChI=1S/C13H19FN2O3S/c1-2-12(19-10-5-6-16-8-10)11-7-9(14)3-4-13(11)20(15,17)18/h3-4,7,10,12,16H,2,5-6,8H2,1H3,(H2,15,17,18)/t10?,12-/m0/s1. The first-order valence-corrected chi connectivity index (χ1v) is 8.15. The summed E-state index contributed by atoms with van der Waals surface area (Å²) in [6.45, 7) is 3.45. The van der Waals surface area contributed by atoms with Crippen molar-refractivity contribution in [3.05, 3.63) is 29.6 Å². The number of nitrogens with one attached hydrogen (secondary N) is 1. The molecule has 2 atom stereocenters. The van der Waals surface area contributed by atoms with Crippen molar-refractivity contribution in [2.45, 2.75) is 36.9 Å². The van der Waals surface area contributed by atoms with E-state index in [1.165, 1.54) is 12.1 Å². The number of benzene rings is 1. The number of sulfonamides is 1. The summed E-state index contributed by atoms with van der Waals surface area (Å²) in [6.07, 6.45) is 0.930. The van der Waals surface area contributed by atoms with Gasteiger partial charge in [-0.15, -0.1) is 0 Å². The van der Waals surface area contributed by atoms with Crippen molar-refractivity contribution >= 4 is 10.0 Å². The first kappa shape index (κ1) is 15.4. The Hall–Kier alpha value is -1.02. The third-order valence-electron chi connectivity index (χ3n) is 3.37. The maximum Gasteiger partial charge on any atom is 0.238 e. The Morgan fingerprint density at radius 3 is 2.85 bits per heavy atom. The van der Waals surface area contributed by atoms with Crippen LogP contribution in [0.25, 0.3) is 0 Å². The van der Waals surface area contributed by atoms with Gasteiger partial charge in [-0.1, -0.05) is 6.92 Å². The van der Waals surface area contributed by atoms with E-state index in [1.807, 2.05) is 6.92 Å². The summed E-state index contributed by atoms with van der Waals surface area (Å²) in [5.74, 6) is -0.501. The third-order valence-corrected chi connectivity index (χ3v) is 4.35. The molecule has 3 N–H and O–H groups in total. The van der Waals surface area contributed by atoms with Gasteiger partial charge in [0.1, 0.15) is 5.82 Å². The van der Waals surface area contributed by atoms with Crippen LogP contribution in [-0.4, -0.2) is 27.6 Å². The van der Waals surface area contributed by atoms with Crippen molar-refractivity contribution in [2.24, 2.45) is 5.14 Å². The Bertz CT molecular complexity index is 571. The molecule has 0 radical (unpaired) electrons. The summed E-state index contributed by atoms with van der Waals surface area (Å²) in [5, 5.41) is 8.36. The van der Waals surface area contributed by atoms with E-state index in [1.54, 1.807) is 0 Å². The first-order chi connectivity index (χ1) is 9.41. The van der Waals surface area contributed by atoms with Crippen molar-refractivity contribution in [3.63, 3.8) is 0 Å². The highest BCUT2D eigenvalue weighted by molar-refractivity contribution is 7.89. The predicted molar refractivity (Wildman–Crippen MR) is 73.2 cm³/mol. The zero-order valence-corrected chi connectivity index (χ0v) is 12.1. The average molecular weight is 302 g/mol. The molecule has 1 aromatic rings. The molecule has 0 spiro atoms. The van der Waals surface area contributed by atoms with Crippen LogP contribution in [0.2, 0.25) is 0 Å². The van der Waals surface area contributed by atoms with Gasteiger partial charge < -0.3 is 10.1 Å². The highest BCUT2D eigenvalue weighted by Crippen LogP contribution is 2.30. The van der Waals surface area contributed by atoms with Crippen molar-refractivity contribution < 1.29 is 17.5 Å². The van der Waals surface area contributed by atoms with E-state index in [-0.39, 0.29) is 11.0 Å². The molecular formula is C13H19FN2O3S. The third kappa shape index (κ3) is 3.54. The van der Waals surface area contributed by atoms with E-state index < -0.39 is 21.9 Å². The zero-order valence-electron chi connectivity index (χ0n) is 11.3. The Morgan fingerprint density at radius 1 is 1.55 bits per heavy atom. The molecule has 0 aliphatic carbocycles. The molecule has 1 saturated heterocycles. The van der Waals surface area contributed by atoms with Crippen molar-refractivity contribution in [1.82, 2.24) is 5.32 Å². The molecule has 1 unspecified atom stereocenters. The van der Waals surface area contributed by atoms with Gasteiger partial charge in [-0.2, -0.15) is 0 Å². The lowest BCUT2D eigenvalue weighted by Crippen LogP contribution is -2.22. The SMILES string of the molecule is CC[C@H](OC1CCNC1)c1cc(F)ccc1S(N)(=O)=O. The smallest absolute Gasteiger partial charge is 0.238 e. The van der Waals surface area contributed by atoms with E-state index in [0.717, 1.165) is 25.6 Å². The van der Waals surface area contributed by atoms with Crippen molar-refractivity contribution in [1.29, 1.82) is 0 Å². The molecule has 1 heterocycles. The fraction of sp³-hybridized carbons (Fsp3) is 0.538. The van der Waals surface area contributed by atoms with Gasteiger partial charge in [-0.05, 0) is 37.6 Å². The van der Waals surface area contributed by atoms with Gasteiger partial charge >= 0.3 is 0 Å². The fourth-order valence-electron chi connectivity index (χ4n) is 2.40. The second-order valence-electron chi connectivity index (χ2n) is 4.87. The van der Waals surface area contributed by atoms with Crippen LogP contribution in [0.15, 0.2) is 23.1 Å². The Balaban J connectivity index is 2.34. The van der Waals surface area contributed by atoms with E-state index >= 15 is 0 Å². The molecule has 1 aliphatic heterocycles. The second-order valence-corrected chi connectivity index (χ2v) is 6.40. The van der Waals surface area contributed by atoms with Gasteiger partial charge in [0.25, 0.3) is 0 Å². The minimum absolute atomic E-state index is 0.0107. The quantitative estimate of drug-likeness (QED) is 0.859. The molecule has 5 nitrogen and oxygen atoms in total. The maximum atomic E-state index is 13.4. The molecule has 1 aliphatic rings. The molecule has 0 aromatic heterocycles. The van der Waals surface area contributed by atoms with Crippen molar-refractivity contribution in [3.8, 4) is 0 Å². The van der Waals surface area contributed by atoms with Gasteiger partial charge in [-0.25, -0.2) is 17.9 Å². The molecule has 0 bridgehead atoms. The molecule has 1 fully saturated rings. The van der Waals surface area contributed by atoms with Crippen LogP contribution in [0.5, 0.6) is 0 Å². The second kappa shape index (κ2) is 6.17. The largest absolute Gasteiger partial charge is 0.369 e. The topological polar surface area (TPSA) is 81.4 Å². The lowest BCUT2D eigenvalue weighted by Gasteiger charge is -2.22. The summed E-state index contributed by atoms with van der Waals surface area (Å²) >= 11 is 0. The number of rotatable bonds is 5. The Labute approximate surface area is 118 Å². The lowest BCUT2D eigenvalue weighted by molar-refractivity contribution is -0.00611. The van der Waals surface area contributed by atoms with Crippen LogP contribution in [-0.2, 0) is 14.8 Å². The first-order valence-electron chi connectivity index (χ1n) is 6.60. The molecule has 112 valence electrons. The van der Waals surface area contributed by atoms with E-state index in [0.29, 0.717) is 12.0 Å². The number of primary sulfonamides is 1. The molecule has 7 heteroatoms. The Morgan fingerprint density at radius 2 is 2.30 bits per heavy atom. The summed E-state index contributed by atoms with van der Waals surface area (Å²) in [6, 6.07) is 3.47. The summed E-state index contributed by atoms with van der Waals surface area (Å²) in [5.41, 5.74) is 0.293. The lowest BCUT2D eigenvalue weighted by atomic mass is 10.1. The van der Waals surface area contributed by atoms with Crippen LogP contribution in [0.1, 0.15) is 31.4 Å². The van der Waals surface area contributed by atoms with E-state index in [9.17, 15) is 12.8 Å². The molecule has 20 heavy (non-hydrogen) atoms. The van der Waals surface area contributed by atoms with Crippen LogP contribution in [0.4, 0.5) is 4.39 Å². The molecular weight excluding hydrogens is 283 g/mol. The molecule has 0 saturated carbocycles. The maximum absolute atomic E-state index is 13.4. The molecule has 1 aromatic carbocycles. The Kier molecular flexibility index (Phi) is 4.74. The summed E-state index contributed by atoms with van der Waals surface area (Å²) in [7, 11) is -3.90. The van der Waals surface area contributed by atoms with Crippen LogP contribution in [0.3, 0.4) is 0 Å². The van der Waals surface area contributed by atoms with Gasteiger partial charge in [0, 0.05) is 12.1 Å². The number of hydrogen-bond donors (Lipinski definition) is 2. The predicted octanol–water partition coefficient (Wildman–Crippen LogP) is 1.30. The van der Waals surface area contributed by atoms with E-state index in [2.05, 4.69) is 5.32 Å². The minimum Gasteiger partial charge on any atom is -0.369 e. The van der Waals surface area contributed by atoms with E-state index in [4.69, 9.17) is 9.88 Å². The summed E-state index contributed by atoms with van der Waals surface area (Å²) in [4.78, 5) is -0.0725. The fourth-order valence-corrected chi connectivity index (χ4v) is 3.17. The van der Waals surface area contributed by atoms with Gasteiger partial charge in [-0.3, -0.25) is 0 Å². The van der Waals surface area contributed by atoms with Crippen LogP contribution in [0, 0.1) is 5.82 Å². The number of hydrogen-bond acceptors (Lipinski definition) is 4. The average Bonchev–Trinajstić information content (AvgIpc) is 2.87. The van der Waals surface area contributed by atoms with Gasteiger partial charge in [0.15, 0.2) is 0 Å². The van der Waals surface area contributed by atoms with Gasteiger partial charge in [0.05, 0.1) is 17.1 Å². The normalized spacial score (nSPS) is 21.1. The number of nitrogens with two attached hydrogens (primary N) is 1. The molecule has 0 amide bonds. The minimum atomic E-state index is -3.90. The number of ether oxygens (including phenoxy) is 1. The van der Waals surface area contributed by atoms with Crippen LogP contribution < -0.4 is 10.5 Å². The number of halogens is 1. The zero-order chi connectivity index (χ0) is 14.8. The van der Waals surface area contributed by atoms with Crippen molar-refractivity contribution in [2.75, 3.05) is 13.1 Å². The highest BCUT2D eigenvalue weighted by Gasteiger charge is 2.25.